The molecule has 0 aliphatic rings. The highest BCUT2D eigenvalue weighted by Crippen LogP contribution is 2.31. The van der Waals surface area contributed by atoms with Gasteiger partial charge in [-0.2, -0.15) is 5.10 Å². The molecule has 2 aromatic carbocycles. The van der Waals surface area contributed by atoms with Gasteiger partial charge in [-0.3, -0.25) is 0 Å². The minimum Gasteiger partial charge on any atom is -0.383 e. The van der Waals surface area contributed by atoms with Crippen LogP contribution in [0.2, 0.25) is 5.02 Å². The number of nitrogen functional groups attached to an aromatic ring is 1. The molecule has 0 unspecified atom stereocenters. The fourth-order valence-corrected chi connectivity index (χ4v) is 3.47. The van der Waals surface area contributed by atoms with Gasteiger partial charge >= 0.3 is 0 Å². The third-order valence-corrected chi connectivity index (χ3v) is 5.04. The van der Waals surface area contributed by atoms with Gasteiger partial charge in [-0.25, -0.2) is 19.0 Å². The minimum atomic E-state index is -0.329. The summed E-state index contributed by atoms with van der Waals surface area (Å²) in [5, 5.41) is 9.05. The maximum Gasteiger partial charge on any atom is 0.163 e. The van der Waals surface area contributed by atoms with Crippen LogP contribution in [-0.2, 0) is 13.1 Å². The molecule has 4 rings (SSSR count). The van der Waals surface area contributed by atoms with Crippen LogP contribution < -0.4 is 11.1 Å². The van der Waals surface area contributed by atoms with E-state index in [4.69, 9.17) is 22.4 Å². The number of nitrogens with zero attached hydrogens (tertiary/aromatic N) is 4. The van der Waals surface area contributed by atoms with Crippen LogP contribution in [0.5, 0.6) is 0 Å². The fourth-order valence-electron chi connectivity index (χ4n) is 3.24. The number of aryl methyl sites for hydroxylation is 1. The number of nitrogens with one attached hydrogen (secondary N) is 1. The van der Waals surface area contributed by atoms with Crippen molar-refractivity contribution in [2.75, 3.05) is 11.1 Å². The van der Waals surface area contributed by atoms with Crippen LogP contribution >= 0.6 is 11.6 Å². The predicted molar refractivity (Wildman–Crippen MR) is 114 cm³/mol. The van der Waals surface area contributed by atoms with Gasteiger partial charge in [0.2, 0.25) is 0 Å². The molecule has 0 atom stereocenters. The molecule has 2 heterocycles. The Labute approximate surface area is 172 Å². The van der Waals surface area contributed by atoms with Crippen LogP contribution in [0.4, 0.5) is 15.9 Å². The van der Waals surface area contributed by atoms with Crippen LogP contribution in [-0.4, -0.2) is 19.7 Å². The van der Waals surface area contributed by atoms with Gasteiger partial charge in [0, 0.05) is 34.9 Å². The molecule has 2 aromatic heterocycles. The highest BCUT2D eigenvalue weighted by atomic mass is 35.5. The third kappa shape index (κ3) is 3.73. The second-order valence-corrected chi connectivity index (χ2v) is 7.07. The smallest absolute Gasteiger partial charge is 0.163 e. The van der Waals surface area contributed by atoms with Gasteiger partial charge in [-0.05, 0) is 30.7 Å². The van der Waals surface area contributed by atoms with Gasteiger partial charge in [0.25, 0.3) is 0 Å². The van der Waals surface area contributed by atoms with Crippen molar-refractivity contribution in [2.45, 2.75) is 26.4 Å². The molecule has 0 amide bonds. The molecule has 4 aromatic rings. The Kier molecular flexibility index (Phi) is 5.31. The van der Waals surface area contributed by atoms with Gasteiger partial charge in [0.05, 0.1) is 5.39 Å². The largest absolute Gasteiger partial charge is 0.383 e. The molecular weight excluding hydrogens is 391 g/mol. The fraction of sp³-hybridized carbons (Fsp3) is 0.190. The topological polar surface area (TPSA) is 81.7 Å². The van der Waals surface area contributed by atoms with Crippen molar-refractivity contribution in [3.8, 4) is 11.3 Å². The Morgan fingerprint density at radius 2 is 1.93 bits per heavy atom. The third-order valence-electron chi connectivity index (χ3n) is 4.68. The van der Waals surface area contributed by atoms with Gasteiger partial charge in [-0.1, -0.05) is 36.7 Å². The van der Waals surface area contributed by atoms with Crippen LogP contribution in [0, 0.1) is 5.82 Å². The van der Waals surface area contributed by atoms with Crippen molar-refractivity contribution in [1.29, 1.82) is 0 Å². The Hall–Kier alpha value is -3.19. The molecule has 0 aliphatic heterocycles. The maximum atomic E-state index is 13.9. The normalized spacial score (nSPS) is 11.1. The summed E-state index contributed by atoms with van der Waals surface area (Å²) in [5.74, 6) is 0.0776. The zero-order valence-corrected chi connectivity index (χ0v) is 16.6. The first-order valence-electron chi connectivity index (χ1n) is 9.32. The van der Waals surface area contributed by atoms with E-state index in [1.165, 1.54) is 12.4 Å². The lowest BCUT2D eigenvalue weighted by Gasteiger charge is -2.09. The highest BCUT2D eigenvalue weighted by molar-refractivity contribution is 6.31. The van der Waals surface area contributed by atoms with E-state index >= 15 is 0 Å². The van der Waals surface area contributed by atoms with E-state index in [2.05, 4.69) is 22.2 Å². The zero-order chi connectivity index (χ0) is 20.4. The van der Waals surface area contributed by atoms with E-state index in [1.807, 2.05) is 28.9 Å². The Balaban J connectivity index is 1.61. The molecular formula is C21H20ClFN6. The van der Waals surface area contributed by atoms with Crippen LogP contribution in [0.15, 0.2) is 48.8 Å². The Bertz CT molecular complexity index is 1140. The first-order valence-corrected chi connectivity index (χ1v) is 9.70. The monoisotopic (exact) mass is 410 g/mol. The van der Waals surface area contributed by atoms with Crippen molar-refractivity contribution >= 4 is 34.1 Å². The van der Waals surface area contributed by atoms with Gasteiger partial charge < -0.3 is 11.1 Å². The van der Waals surface area contributed by atoms with Crippen molar-refractivity contribution in [3.63, 3.8) is 0 Å². The summed E-state index contributed by atoms with van der Waals surface area (Å²) < 4.78 is 15.8. The number of rotatable bonds is 6. The summed E-state index contributed by atoms with van der Waals surface area (Å²) in [5.41, 5.74) is 9.77. The molecule has 3 N–H and O–H groups in total. The van der Waals surface area contributed by atoms with Crippen LogP contribution in [0.25, 0.3) is 22.3 Å². The maximum absolute atomic E-state index is 13.9. The van der Waals surface area contributed by atoms with Crippen molar-refractivity contribution in [1.82, 2.24) is 19.7 Å². The number of fused-ring (bicyclic) bond motifs is 1. The second-order valence-electron chi connectivity index (χ2n) is 6.66. The van der Waals surface area contributed by atoms with E-state index in [1.54, 1.807) is 12.1 Å². The minimum absolute atomic E-state index is 0.291. The molecule has 0 spiro atoms. The summed E-state index contributed by atoms with van der Waals surface area (Å²) in [6, 6.07) is 12.4. The van der Waals surface area contributed by atoms with Gasteiger partial charge in [0.1, 0.15) is 23.7 Å². The number of hydrogen-bond donors (Lipinski definition) is 2. The Morgan fingerprint density at radius 3 is 2.66 bits per heavy atom. The summed E-state index contributed by atoms with van der Waals surface area (Å²) in [6.07, 6.45) is 2.39. The molecule has 0 aliphatic carbocycles. The lowest BCUT2D eigenvalue weighted by Crippen LogP contribution is -2.02. The molecule has 0 saturated heterocycles. The molecule has 148 valence electrons. The summed E-state index contributed by atoms with van der Waals surface area (Å²) >= 11 is 6.09. The first-order chi connectivity index (χ1) is 14.1. The quantitative estimate of drug-likeness (QED) is 0.473. The second kappa shape index (κ2) is 8.05. The zero-order valence-electron chi connectivity index (χ0n) is 15.9. The van der Waals surface area contributed by atoms with E-state index in [9.17, 15) is 4.39 Å². The summed E-state index contributed by atoms with van der Waals surface area (Å²) in [4.78, 5) is 8.47. The summed E-state index contributed by atoms with van der Waals surface area (Å²) in [6.45, 7) is 3.12. The highest BCUT2D eigenvalue weighted by Gasteiger charge is 2.16. The average molecular weight is 411 g/mol. The molecule has 29 heavy (non-hydrogen) atoms. The van der Waals surface area contributed by atoms with Gasteiger partial charge in [0.15, 0.2) is 5.65 Å². The van der Waals surface area contributed by atoms with E-state index < -0.39 is 0 Å². The standard InChI is InChI=1S/C21H20ClFN6/c1-2-10-29-21-18(20(24)26-12-27-21)19(28-29)13-6-8-14(9-7-13)25-11-15-16(22)4-3-5-17(15)23/h3-9,12,25H,2,10-11H2,1H3,(H2,24,26,27). The molecule has 8 heteroatoms. The average Bonchev–Trinajstić information content (AvgIpc) is 3.08. The predicted octanol–water partition coefficient (Wildman–Crippen LogP) is 4.89. The molecule has 0 radical (unpaired) electrons. The number of benzene rings is 2. The first kappa shape index (κ1) is 19.1. The molecule has 0 saturated carbocycles. The van der Waals surface area contributed by atoms with E-state index in [0.29, 0.717) is 22.9 Å². The molecule has 0 fully saturated rings. The number of nitrogens with two attached hydrogens (primary N) is 1. The molecule has 0 bridgehead atoms. The van der Waals surface area contributed by atoms with Crippen molar-refractivity contribution < 1.29 is 4.39 Å². The van der Waals surface area contributed by atoms with E-state index in [-0.39, 0.29) is 5.82 Å². The number of hydrogen-bond acceptors (Lipinski definition) is 5. The van der Waals surface area contributed by atoms with Gasteiger partial charge in [-0.15, -0.1) is 0 Å². The number of anilines is 2. The lowest BCUT2D eigenvalue weighted by molar-refractivity contribution is 0.613. The van der Waals surface area contributed by atoms with Crippen molar-refractivity contribution in [2.24, 2.45) is 0 Å². The molecule has 6 nitrogen and oxygen atoms in total. The SMILES string of the molecule is CCCn1nc(-c2ccc(NCc3c(F)cccc3Cl)cc2)c2c(N)ncnc21. The number of aromatic nitrogens is 4. The van der Waals surface area contributed by atoms with E-state index in [0.717, 1.165) is 40.9 Å². The van der Waals surface area contributed by atoms with Crippen LogP contribution in [0.3, 0.4) is 0 Å². The summed E-state index contributed by atoms with van der Waals surface area (Å²) in [7, 11) is 0. The lowest BCUT2D eigenvalue weighted by atomic mass is 10.1. The van der Waals surface area contributed by atoms with Crippen LogP contribution in [0.1, 0.15) is 18.9 Å². The van der Waals surface area contributed by atoms with Crippen molar-refractivity contribution in [3.05, 3.63) is 65.2 Å². The number of halogens is 2. The Morgan fingerprint density at radius 1 is 1.14 bits per heavy atom.